The van der Waals surface area contributed by atoms with Crippen molar-refractivity contribution in [3.63, 3.8) is 0 Å². The van der Waals surface area contributed by atoms with Crippen LogP contribution in [0.25, 0.3) is 5.69 Å². The number of hydrogen-bond acceptors (Lipinski definition) is 6. The molecule has 1 fully saturated rings. The number of amides is 1. The molecule has 1 aliphatic rings. The lowest BCUT2D eigenvalue weighted by Crippen LogP contribution is -2.33. The summed E-state index contributed by atoms with van der Waals surface area (Å²) in [5, 5.41) is 9.52. The summed E-state index contributed by atoms with van der Waals surface area (Å²) in [6.45, 7) is 4.59. The van der Waals surface area contributed by atoms with E-state index in [2.05, 4.69) is 22.0 Å². The van der Waals surface area contributed by atoms with Gasteiger partial charge in [0.25, 0.3) is 0 Å². The molecule has 1 aliphatic heterocycles. The average Bonchev–Trinajstić information content (AvgIpc) is 3.48. The van der Waals surface area contributed by atoms with Crippen molar-refractivity contribution in [3.8, 4) is 5.69 Å². The summed E-state index contributed by atoms with van der Waals surface area (Å²) in [5.41, 5.74) is 0.786. The van der Waals surface area contributed by atoms with Crippen molar-refractivity contribution >= 4 is 17.7 Å². The predicted octanol–water partition coefficient (Wildman–Crippen LogP) is 4.30. The fourth-order valence-corrected chi connectivity index (χ4v) is 4.81. The van der Waals surface area contributed by atoms with E-state index in [9.17, 15) is 9.18 Å². The summed E-state index contributed by atoms with van der Waals surface area (Å²) in [6.07, 6.45) is 5.20. The van der Waals surface area contributed by atoms with Crippen LogP contribution in [0, 0.1) is 5.82 Å². The molecule has 0 bridgehead atoms. The Morgan fingerprint density at radius 1 is 1.19 bits per heavy atom. The molecule has 9 heteroatoms. The van der Waals surface area contributed by atoms with Crippen LogP contribution in [0.5, 0.6) is 0 Å². The van der Waals surface area contributed by atoms with Crippen molar-refractivity contribution < 1.29 is 13.6 Å². The largest absolute Gasteiger partial charge is 0.467 e. The lowest BCUT2D eigenvalue weighted by atomic mass is 10.1. The van der Waals surface area contributed by atoms with Gasteiger partial charge in [-0.2, -0.15) is 0 Å². The molecule has 0 aliphatic carbocycles. The molecule has 0 radical (unpaired) electrons. The van der Waals surface area contributed by atoms with E-state index >= 15 is 0 Å². The quantitative estimate of drug-likeness (QED) is 0.470. The number of thioether (sulfide) groups is 1. The Balaban J connectivity index is 1.53. The molecule has 0 saturated carbocycles. The van der Waals surface area contributed by atoms with E-state index < -0.39 is 0 Å². The van der Waals surface area contributed by atoms with Crippen LogP contribution in [0.4, 0.5) is 4.39 Å². The third-order valence-corrected chi connectivity index (χ3v) is 6.69. The van der Waals surface area contributed by atoms with Gasteiger partial charge in [-0.1, -0.05) is 18.2 Å². The number of hydrogen-bond donors (Lipinski definition) is 0. The molecule has 1 amide bonds. The molecular formula is C23H28FN5O2S. The zero-order valence-electron chi connectivity index (χ0n) is 18.4. The first-order chi connectivity index (χ1) is 15.5. The molecular weight excluding hydrogens is 429 g/mol. The van der Waals surface area contributed by atoms with Gasteiger partial charge in [0.1, 0.15) is 11.6 Å². The Kier molecular flexibility index (Phi) is 7.26. The van der Waals surface area contributed by atoms with Gasteiger partial charge < -0.3 is 9.32 Å². The van der Waals surface area contributed by atoms with Crippen molar-refractivity contribution in [3.05, 3.63) is 60.1 Å². The molecule has 0 spiro atoms. The van der Waals surface area contributed by atoms with Crippen molar-refractivity contribution in [1.29, 1.82) is 0 Å². The molecule has 3 aromatic rings. The van der Waals surface area contributed by atoms with E-state index in [0.717, 1.165) is 30.4 Å². The van der Waals surface area contributed by atoms with E-state index in [1.807, 2.05) is 10.6 Å². The maximum absolute atomic E-state index is 13.6. The number of rotatable bonds is 8. The molecule has 1 aromatic carbocycles. The van der Waals surface area contributed by atoms with Crippen LogP contribution < -0.4 is 0 Å². The van der Waals surface area contributed by atoms with Crippen LogP contribution in [-0.4, -0.2) is 56.4 Å². The highest BCUT2D eigenvalue weighted by Gasteiger charge is 2.26. The molecule has 3 heterocycles. The minimum atomic E-state index is -0.295. The molecule has 1 atom stereocenters. The number of halogens is 1. The van der Waals surface area contributed by atoms with Crippen molar-refractivity contribution in [1.82, 2.24) is 24.6 Å². The standard InChI is InChI=1S/C23H28FN5O2S/c1-17(28-12-4-3-5-13-28)22-25-26-23(29(22)19-10-8-18(24)9-11-19)32-16-21(30)27(2)15-20-7-6-14-31-20/h6-11,14,17H,3-5,12-13,15-16H2,1-2H3. The summed E-state index contributed by atoms with van der Waals surface area (Å²) in [4.78, 5) is 16.7. The van der Waals surface area contributed by atoms with Gasteiger partial charge in [0.05, 0.1) is 24.6 Å². The van der Waals surface area contributed by atoms with Gasteiger partial charge in [-0.3, -0.25) is 14.3 Å². The van der Waals surface area contributed by atoms with Crippen molar-refractivity contribution in [2.24, 2.45) is 0 Å². The Morgan fingerprint density at radius 3 is 2.62 bits per heavy atom. The summed E-state index contributed by atoms with van der Waals surface area (Å²) >= 11 is 1.34. The molecule has 32 heavy (non-hydrogen) atoms. The molecule has 1 saturated heterocycles. The fourth-order valence-electron chi connectivity index (χ4n) is 3.91. The van der Waals surface area contributed by atoms with Crippen molar-refractivity contribution in [2.45, 2.75) is 43.9 Å². The normalized spacial score (nSPS) is 15.6. The van der Waals surface area contributed by atoms with Crippen LogP contribution in [0.2, 0.25) is 0 Å². The minimum absolute atomic E-state index is 0.0364. The zero-order valence-corrected chi connectivity index (χ0v) is 19.2. The second-order valence-electron chi connectivity index (χ2n) is 8.04. The van der Waals surface area contributed by atoms with Crippen LogP contribution in [-0.2, 0) is 11.3 Å². The number of carbonyl (C=O) groups is 1. The van der Waals surface area contributed by atoms with Crippen LogP contribution >= 0.6 is 11.8 Å². The highest BCUT2D eigenvalue weighted by Crippen LogP contribution is 2.29. The highest BCUT2D eigenvalue weighted by molar-refractivity contribution is 7.99. The number of nitrogens with zero attached hydrogens (tertiary/aromatic N) is 5. The summed E-state index contributed by atoms with van der Waals surface area (Å²) < 4.78 is 20.8. The van der Waals surface area contributed by atoms with Crippen molar-refractivity contribution in [2.75, 3.05) is 25.9 Å². The summed E-state index contributed by atoms with van der Waals surface area (Å²) in [6, 6.07) is 10.0. The lowest BCUT2D eigenvalue weighted by Gasteiger charge is -2.31. The van der Waals surface area contributed by atoms with E-state index in [-0.39, 0.29) is 23.5 Å². The zero-order chi connectivity index (χ0) is 22.5. The van der Waals surface area contributed by atoms with E-state index in [0.29, 0.717) is 11.7 Å². The molecule has 1 unspecified atom stereocenters. The topological polar surface area (TPSA) is 67.4 Å². The third-order valence-electron chi connectivity index (χ3n) is 5.78. The number of piperidine rings is 1. The van der Waals surface area contributed by atoms with Gasteiger partial charge in [0, 0.05) is 12.7 Å². The number of likely N-dealkylation sites (tertiary alicyclic amines) is 1. The monoisotopic (exact) mass is 457 g/mol. The maximum Gasteiger partial charge on any atom is 0.233 e. The number of benzene rings is 1. The van der Waals surface area contributed by atoms with E-state index in [1.54, 1.807) is 36.4 Å². The van der Waals surface area contributed by atoms with Gasteiger partial charge >= 0.3 is 0 Å². The van der Waals surface area contributed by atoms with E-state index in [1.165, 1.54) is 43.2 Å². The van der Waals surface area contributed by atoms with Gasteiger partial charge in [0.2, 0.25) is 5.91 Å². The molecule has 7 nitrogen and oxygen atoms in total. The molecule has 0 N–H and O–H groups in total. The smallest absolute Gasteiger partial charge is 0.233 e. The van der Waals surface area contributed by atoms with Gasteiger partial charge in [-0.25, -0.2) is 4.39 Å². The average molecular weight is 458 g/mol. The molecule has 170 valence electrons. The summed E-state index contributed by atoms with van der Waals surface area (Å²) in [5.74, 6) is 1.42. The van der Waals surface area contributed by atoms with Crippen LogP contribution in [0.3, 0.4) is 0 Å². The van der Waals surface area contributed by atoms with Gasteiger partial charge in [0.15, 0.2) is 11.0 Å². The van der Waals surface area contributed by atoms with Crippen LogP contribution in [0.15, 0.2) is 52.2 Å². The molecule has 4 rings (SSSR count). The lowest BCUT2D eigenvalue weighted by molar-refractivity contribution is -0.127. The third kappa shape index (κ3) is 5.21. The Bertz CT molecular complexity index is 1020. The van der Waals surface area contributed by atoms with E-state index in [4.69, 9.17) is 4.42 Å². The Morgan fingerprint density at radius 2 is 1.94 bits per heavy atom. The Hall–Kier alpha value is -2.65. The van der Waals surface area contributed by atoms with Crippen LogP contribution in [0.1, 0.15) is 43.8 Å². The minimum Gasteiger partial charge on any atom is -0.467 e. The summed E-state index contributed by atoms with van der Waals surface area (Å²) in [7, 11) is 1.75. The SMILES string of the molecule is CC(c1nnc(SCC(=O)N(C)Cc2ccco2)n1-c1ccc(F)cc1)N1CCCCC1. The number of furan rings is 1. The predicted molar refractivity (Wildman–Crippen MR) is 121 cm³/mol. The first-order valence-corrected chi connectivity index (χ1v) is 11.9. The maximum atomic E-state index is 13.6. The Labute approximate surface area is 191 Å². The first-order valence-electron chi connectivity index (χ1n) is 10.9. The highest BCUT2D eigenvalue weighted by atomic mass is 32.2. The first kappa shape index (κ1) is 22.5. The number of aromatic nitrogens is 3. The van der Waals surface area contributed by atoms with Gasteiger partial charge in [-0.15, -0.1) is 10.2 Å². The number of carbonyl (C=O) groups excluding carboxylic acids is 1. The second-order valence-corrected chi connectivity index (χ2v) is 8.99. The second kappa shape index (κ2) is 10.3. The molecule has 2 aromatic heterocycles. The fraction of sp³-hybridized carbons (Fsp3) is 0.435. The van der Waals surface area contributed by atoms with Gasteiger partial charge in [-0.05, 0) is 69.3 Å².